The Hall–Kier alpha value is -0.880. The lowest BCUT2D eigenvalue weighted by molar-refractivity contribution is 0.547. The number of nitrogens with zero attached hydrogens (tertiary/aromatic N) is 1. The molecule has 0 radical (unpaired) electrons. The third-order valence-corrected chi connectivity index (χ3v) is 1.48. The second kappa shape index (κ2) is 3.21. The largest absolute Gasteiger partial charge is 0.235 e. The highest BCUT2D eigenvalue weighted by Gasteiger charge is 2.05. The molecule has 0 fully saturated rings. The number of aliphatic imine (C=N–C) groups is 1. The quantitative estimate of drug-likeness (QED) is 0.294. The lowest BCUT2D eigenvalue weighted by Crippen LogP contribution is -2.04. The molecule has 0 bridgehead atoms. The van der Waals surface area contributed by atoms with Crippen molar-refractivity contribution in [1.29, 1.82) is 0 Å². The molecule has 2 heteroatoms. The maximum atomic E-state index is 9.76. The minimum absolute atomic E-state index is 0.215. The maximum absolute atomic E-state index is 9.76. The van der Waals surface area contributed by atoms with Gasteiger partial charge in [-0.1, -0.05) is 12.2 Å². The van der Waals surface area contributed by atoms with Crippen molar-refractivity contribution in [1.82, 2.24) is 0 Å². The van der Waals surface area contributed by atoms with Gasteiger partial charge in [0, 0.05) is 0 Å². The summed E-state index contributed by atoms with van der Waals surface area (Å²) in [5.74, 6) is 0. The van der Waals surface area contributed by atoms with E-state index in [-0.39, 0.29) is 6.04 Å². The zero-order valence-electron chi connectivity index (χ0n) is 5.21. The zero-order valence-corrected chi connectivity index (χ0v) is 5.21. The van der Waals surface area contributed by atoms with Crippen LogP contribution in [0, 0.1) is 0 Å². The molecule has 1 rings (SSSR count). The predicted octanol–water partition coefficient (Wildman–Crippen LogP) is 1.43. The van der Waals surface area contributed by atoms with Gasteiger partial charge in [-0.3, -0.25) is 0 Å². The molecule has 9 heavy (non-hydrogen) atoms. The Bertz CT molecular complexity index is 156. The van der Waals surface area contributed by atoms with Crippen molar-refractivity contribution < 1.29 is 4.79 Å². The fourth-order valence-electron chi connectivity index (χ4n) is 0.969. The van der Waals surface area contributed by atoms with Crippen molar-refractivity contribution >= 4 is 6.08 Å². The number of hydrogen-bond acceptors (Lipinski definition) is 2. The molecule has 1 atom stereocenters. The maximum Gasteiger partial charge on any atom is 0.235 e. The van der Waals surface area contributed by atoms with Gasteiger partial charge in [0.25, 0.3) is 0 Å². The number of isocyanates is 1. The van der Waals surface area contributed by atoms with Crippen LogP contribution >= 0.6 is 0 Å². The van der Waals surface area contributed by atoms with Gasteiger partial charge in [0.15, 0.2) is 0 Å². The summed E-state index contributed by atoms with van der Waals surface area (Å²) in [5.41, 5.74) is 0. The van der Waals surface area contributed by atoms with E-state index in [0.717, 1.165) is 19.3 Å². The molecular formula is C7H9NO. The van der Waals surface area contributed by atoms with Gasteiger partial charge in [-0.2, -0.15) is 0 Å². The number of carbonyl (C=O) groups excluding carboxylic acids is 1. The Labute approximate surface area is 54.3 Å². The van der Waals surface area contributed by atoms with Gasteiger partial charge in [0.05, 0.1) is 6.04 Å². The van der Waals surface area contributed by atoms with Crippen LogP contribution in [0.2, 0.25) is 0 Å². The molecule has 1 aliphatic carbocycles. The minimum atomic E-state index is 0.215. The van der Waals surface area contributed by atoms with Crippen LogP contribution in [-0.2, 0) is 4.79 Å². The molecule has 0 aromatic heterocycles. The summed E-state index contributed by atoms with van der Waals surface area (Å²) in [6, 6.07) is 0.215. The van der Waals surface area contributed by atoms with E-state index in [2.05, 4.69) is 17.1 Å². The van der Waals surface area contributed by atoms with E-state index >= 15 is 0 Å². The smallest absolute Gasteiger partial charge is 0.211 e. The van der Waals surface area contributed by atoms with Crippen molar-refractivity contribution in [2.75, 3.05) is 0 Å². The number of allylic oxidation sites excluding steroid dienone is 1. The molecule has 0 spiro atoms. The Morgan fingerprint density at radius 1 is 1.56 bits per heavy atom. The lowest BCUT2D eigenvalue weighted by Gasteiger charge is -2.09. The first kappa shape index (κ1) is 6.24. The van der Waals surface area contributed by atoms with E-state index in [0.29, 0.717) is 0 Å². The summed E-state index contributed by atoms with van der Waals surface area (Å²) in [6.07, 6.45) is 8.73. The van der Waals surface area contributed by atoms with Crippen LogP contribution in [-0.4, -0.2) is 12.1 Å². The van der Waals surface area contributed by atoms with Crippen LogP contribution in [0.4, 0.5) is 0 Å². The first-order valence-corrected chi connectivity index (χ1v) is 3.15. The number of hydrogen-bond donors (Lipinski definition) is 0. The van der Waals surface area contributed by atoms with E-state index in [9.17, 15) is 4.79 Å². The first-order chi connectivity index (χ1) is 4.43. The van der Waals surface area contributed by atoms with Crippen molar-refractivity contribution in [3.63, 3.8) is 0 Å². The summed E-state index contributed by atoms with van der Waals surface area (Å²) in [6.45, 7) is 0. The Morgan fingerprint density at radius 3 is 3.00 bits per heavy atom. The van der Waals surface area contributed by atoms with Gasteiger partial charge in [-0.05, 0) is 19.3 Å². The second-order valence-electron chi connectivity index (χ2n) is 2.16. The molecule has 0 N–H and O–H groups in total. The molecule has 0 heterocycles. The van der Waals surface area contributed by atoms with Gasteiger partial charge in [0.1, 0.15) is 0 Å². The fraction of sp³-hybridized carbons (Fsp3) is 0.571. The van der Waals surface area contributed by atoms with Crippen LogP contribution in [0.3, 0.4) is 0 Å². The normalized spacial score (nSPS) is 25.1. The van der Waals surface area contributed by atoms with Gasteiger partial charge >= 0.3 is 0 Å². The summed E-state index contributed by atoms with van der Waals surface area (Å²) in [7, 11) is 0. The topological polar surface area (TPSA) is 29.4 Å². The summed E-state index contributed by atoms with van der Waals surface area (Å²) in [4.78, 5) is 13.4. The van der Waals surface area contributed by atoms with Gasteiger partial charge in [-0.25, -0.2) is 9.79 Å². The molecule has 48 valence electrons. The van der Waals surface area contributed by atoms with E-state index in [1.165, 1.54) is 0 Å². The van der Waals surface area contributed by atoms with Crippen LogP contribution in [0.15, 0.2) is 17.1 Å². The van der Waals surface area contributed by atoms with E-state index in [1.54, 1.807) is 6.08 Å². The Balaban J connectivity index is 2.43. The Morgan fingerprint density at radius 2 is 2.44 bits per heavy atom. The average Bonchev–Trinajstić information content (AvgIpc) is 1.91. The molecular weight excluding hydrogens is 114 g/mol. The molecule has 0 aromatic rings. The average molecular weight is 123 g/mol. The van der Waals surface area contributed by atoms with E-state index in [1.807, 2.05) is 0 Å². The Kier molecular flexibility index (Phi) is 2.22. The standard InChI is InChI=1S/C7H9NO/c9-6-8-7-4-2-1-3-5-7/h1-2,7H,3-5H2. The number of rotatable bonds is 1. The molecule has 0 saturated heterocycles. The van der Waals surface area contributed by atoms with Crippen molar-refractivity contribution in [3.8, 4) is 0 Å². The molecule has 2 nitrogen and oxygen atoms in total. The van der Waals surface area contributed by atoms with Gasteiger partial charge < -0.3 is 0 Å². The van der Waals surface area contributed by atoms with Crippen LogP contribution < -0.4 is 0 Å². The molecule has 0 aliphatic heterocycles. The third-order valence-electron chi connectivity index (χ3n) is 1.48. The van der Waals surface area contributed by atoms with Gasteiger partial charge in [-0.15, -0.1) is 0 Å². The van der Waals surface area contributed by atoms with E-state index in [4.69, 9.17) is 0 Å². The molecule has 0 saturated carbocycles. The monoisotopic (exact) mass is 123 g/mol. The highest BCUT2D eigenvalue weighted by Crippen LogP contribution is 2.12. The predicted molar refractivity (Wildman–Crippen MR) is 34.9 cm³/mol. The van der Waals surface area contributed by atoms with Crippen molar-refractivity contribution in [2.24, 2.45) is 4.99 Å². The van der Waals surface area contributed by atoms with Crippen molar-refractivity contribution in [2.45, 2.75) is 25.3 Å². The lowest BCUT2D eigenvalue weighted by atomic mass is 10.0. The molecule has 0 aromatic carbocycles. The highest BCUT2D eigenvalue weighted by atomic mass is 16.1. The molecule has 0 amide bonds. The first-order valence-electron chi connectivity index (χ1n) is 3.15. The SMILES string of the molecule is O=C=NC1CC=CCC1. The summed E-state index contributed by atoms with van der Waals surface area (Å²) < 4.78 is 0. The third kappa shape index (κ3) is 1.82. The molecule has 1 aliphatic rings. The zero-order chi connectivity index (χ0) is 6.53. The summed E-state index contributed by atoms with van der Waals surface area (Å²) >= 11 is 0. The minimum Gasteiger partial charge on any atom is -0.211 e. The second-order valence-corrected chi connectivity index (χ2v) is 2.16. The van der Waals surface area contributed by atoms with E-state index < -0.39 is 0 Å². The molecule has 1 unspecified atom stereocenters. The van der Waals surface area contributed by atoms with Crippen LogP contribution in [0.25, 0.3) is 0 Å². The van der Waals surface area contributed by atoms with Crippen LogP contribution in [0.1, 0.15) is 19.3 Å². The van der Waals surface area contributed by atoms with Crippen molar-refractivity contribution in [3.05, 3.63) is 12.2 Å². The fourth-order valence-corrected chi connectivity index (χ4v) is 0.969. The summed E-state index contributed by atoms with van der Waals surface area (Å²) in [5, 5.41) is 0. The highest BCUT2D eigenvalue weighted by molar-refractivity contribution is 5.33. The van der Waals surface area contributed by atoms with Gasteiger partial charge in [0.2, 0.25) is 6.08 Å². The van der Waals surface area contributed by atoms with Crippen LogP contribution in [0.5, 0.6) is 0 Å².